The van der Waals surface area contributed by atoms with Crippen molar-refractivity contribution in [3.8, 4) is 0 Å². The molecule has 1 aliphatic rings. The molecule has 134 valence electrons. The minimum Gasteiger partial charge on any atom is -0.352 e. The standard InChI is InChI=1S/C19H19FN4OS/c1-12-13(2)26-18-16(12)17(21-11-22-18)23-7-9-24(10-8-23)19(25)14-5-3-4-6-15(14)20/h3-6,11H,7-10H2,1-2H3. The molecule has 0 aliphatic carbocycles. The van der Waals surface area contributed by atoms with Gasteiger partial charge in [0.1, 0.15) is 22.8 Å². The van der Waals surface area contributed by atoms with Crippen molar-refractivity contribution < 1.29 is 9.18 Å². The van der Waals surface area contributed by atoms with Crippen LogP contribution in [0.3, 0.4) is 0 Å². The molecule has 1 aliphatic heterocycles. The molecule has 0 atom stereocenters. The number of hydrogen-bond donors (Lipinski definition) is 0. The third kappa shape index (κ3) is 2.82. The summed E-state index contributed by atoms with van der Waals surface area (Å²) in [5.41, 5.74) is 1.35. The van der Waals surface area contributed by atoms with Crippen LogP contribution in [0.15, 0.2) is 30.6 Å². The summed E-state index contributed by atoms with van der Waals surface area (Å²) in [4.78, 5) is 27.6. The first-order valence-electron chi connectivity index (χ1n) is 8.55. The Morgan fingerprint density at radius 3 is 2.58 bits per heavy atom. The Kier molecular flexibility index (Phi) is 4.32. The number of hydrogen-bond acceptors (Lipinski definition) is 5. The molecule has 1 fully saturated rings. The Morgan fingerprint density at radius 1 is 1.12 bits per heavy atom. The van der Waals surface area contributed by atoms with Gasteiger partial charge in [-0.2, -0.15) is 0 Å². The van der Waals surface area contributed by atoms with Gasteiger partial charge in [-0.3, -0.25) is 4.79 Å². The quantitative estimate of drug-likeness (QED) is 0.694. The molecule has 26 heavy (non-hydrogen) atoms. The average molecular weight is 370 g/mol. The molecule has 1 aromatic carbocycles. The van der Waals surface area contributed by atoms with E-state index in [2.05, 4.69) is 28.7 Å². The van der Waals surface area contributed by atoms with Gasteiger partial charge < -0.3 is 9.80 Å². The third-order valence-electron chi connectivity index (χ3n) is 4.92. The van der Waals surface area contributed by atoms with Crippen LogP contribution in [0, 0.1) is 19.7 Å². The van der Waals surface area contributed by atoms with Crippen LogP contribution in [0.4, 0.5) is 10.2 Å². The first-order chi connectivity index (χ1) is 12.6. The topological polar surface area (TPSA) is 49.3 Å². The number of aryl methyl sites for hydroxylation is 2. The van der Waals surface area contributed by atoms with Crippen molar-refractivity contribution in [2.45, 2.75) is 13.8 Å². The maximum atomic E-state index is 13.9. The van der Waals surface area contributed by atoms with Crippen LogP contribution in [0.5, 0.6) is 0 Å². The summed E-state index contributed by atoms with van der Waals surface area (Å²) in [5.74, 6) is 0.204. The number of thiophene rings is 1. The van der Waals surface area contributed by atoms with Gasteiger partial charge in [0.15, 0.2) is 0 Å². The van der Waals surface area contributed by atoms with Crippen molar-refractivity contribution in [2.24, 2.45) is 0 Å². The van der Waals surface area contributed by atoms with Gasteiger partial charge in [-0.1, -0.05) is 12.1 Å². The van der Waals surface area contributed by atoms with Crippen LogP contribution in [-0.4, -0.2) is 47.0 Å². The van der Waals surface area contributed by atoms with Gasteiger partial charge in [-0.25, -0.2) is 14.4 Å². The van der Waals surface area contributed by atoms with Gasteiger partial charge in [0.2, 0.25) is 0 Å². The second kappa shape index (κ2) is 6.64. The van der Waals surface area contributed by atoms with E-state index in [4.69, 9.17) is 0 Å². The molecule has 1 saturated heterocycles. The van der Waals surface area contributed by atoms with Gasteiger partial charge in [0.05, 0.1) is 10.9 Å². The molecule has 2 aromatic heterocycles. The molecule has 0 unspecified atom stereocenters. The lowest BCUT2D eigenvalue weighted by molar-refractivity contribution is 0.0742. The minimum absolute atomic E-state index is 0.134. The Morgan fingerprint density at radius 2 is 1.85 bits per heavy atom. The minimum atomic E-state index is -0.471. The molecule has 7 heteroatoms. The number of rotatable bonds is 2. The van der Waals surface area contributed by atoms with Crippen LogP contribution >= 0.6 is 11.3 Å². The van der Waals surface area contributed by atoms with E-state index in [0.717, 1.165) is 16.0 Å². The zero-order chi connectivity index (χ0) is 18.3. The van der Waals surface area contributed by atoms with Gasteiger partial charge in [0, 0.05) is 31.1 Å². The Labute approximate surface area is 155 Å². The van der Waals surface area contributed by atoms with E-state index in [9.17, 15) is 9.18 Å². The largest absolute Gasteiger partial charge is 0.352 e. The maximum absolute atomic E-state index is 13.9. The number of benzene rings is 1. The Balaban J connectivity index is 1.54. The van der Waals surface area contributed by atoms with Gasteiger partial charge in [-0.05, 0) is 31.5 Å². The zero-order valence-corrected chi connectivity index (χ0v) is 15.5. The highest BCUT2D eigenvalue weighted by atomic mass is 32.1. The first kappa shape index (κ1) is 16.9. The molecule has 3 aromatic rings. The highest BCUT2D eigenvalue weighted by molar-refractivity contribution is 7.18. The van der Waals surface area contributed by atoms with Crippen molar-refractivity contribution in [3.63, 3.8) is 0 Å². The molecule has 1 amide bonds. The van der Waals surface area contributed by atoms with Crippen LogP contribution in [0.25, 0.3) is 10.2 Å². The number of fused-ring (bicyclic) bond motifs is 1. The van der Waals surface area contributed by atoms with Crippen LogP contribution in [-0.2, 0) is 0 Å². The molecular formula is C19H19FN4OS. The molecule has 0 radical (unpaired) electrons. The molecule has 4 rings (SSSR count). The third-order valence-corrected chi connectivity index (χ3v) is 6.03. The summed E-state index contributed by atoms with van der Waals surface area (Å²) < 4.78 is 13.9. The number of nitrogens with zero attached hydrogens (tertiary/aromatic N) is 4. The number of halogens is 1. The normalized spacial score (nSPS) is 14.9. The lowest BCUT2D eigenvalue weighted by atomic mass is 10.1. The summed E-state index contributed by atoms with van der Waals surface area (Å²) in [5, 5.41) is 1.10. The molecule has 3 heterocycles. The lowest BCUT2D eigenvalue weighted by Gasteiger charge is -2.35. The fourth-order valence-electron chi connectivity index (χ4n) is 3.33. The number of anilines is 1. The summed E-state index contributed by atoms with van der Waals surface area (Å²) in [7, 11) is 0. The monoisotopic (exact) mass is 370 g/mol. The van der Waals surface area contributed by atoms with Crippen LogP contribution in [0.2, 0.25) is 0 Å². The number of amides is 1. The molecule has 5 nitrogen and oxygen atoms in total. The van der Waals surface area contributed by atoms with E-state index in [1.165, 1.54) is 22.6 Å². The number of aromatic nitrogens is 2. The van der Waals surface area contributed by atoms with Crippen molar-refractivity contribution in [1.82, 2.24) is 14.9 Å². The molecular weight excluding hydrogens is 351 g/mol. The van der Waals surface area contributed by atoms with Gasteiger partial charge in [-0.15, -0.1) is 11.3 Å². The van der Waals surface area contributed by atoms with E-state index >= 15 is 0 Å². The SMILES string of the molecule is Cc1sc2ncnc(N3CCN(C(=O)c4ccccc4F)CC3)c2c1C. The highest BCUT2D eigenvalue weighted by Gasteiger charge is 2.26. The predicted octanol–water partition coefficient (Wildman–Crippen LogP) is 3.41. The van der Waals surface area contributed by atoms with E-state index in [-0.39, 0.29) is 11.5 Å². The second-order valence-corrected chi connectivity index (χ2v) is 7.62. The fourth-order valence-corrected chi connectivity index (χ4v) is 4.32. The second-order valence-electron chi connectivity index (χ2n) is 6.42. The predicted molar refractivity (Wildman–Crippen MR) is 101 cm³/mol. The molecule has 0 N–H and O–H groups in total. The van der Waals surface area contributed by atoms with Gasteiger partial charge in [0.25, 0.3) is 5.91 Å². The van der Waals surface area contributed by atoms with E-state index < -0.39 is 5.82 Å². The fraction of sp³-hybridized carbons (Fsp3) is 0.316. The smallest absolute Gasteiger partial charge is 0.256 e. The van der Waals surface area contributed by atoms with Gasteiger partial charge >= 0.3 is 0 Å². The van der Waals surface area contributed by atoms with E-state index in [1.54, 1.807) is 34.7 Å². The molecule has 0 bridgehead atoms. The van der Waals surface area contributed by atoms with Crippen molar-refractivity contribution in [2.75, 3.05) is 31.1 Å². The summed E-state index contributed by atoms with van der Waals surface area (Å²) in [6.07, 6.45) is 1.60. The van der Waals surface area contributed by atoms with E-state index in [1.807, 2.05) is 0 Å². The first-order valence-corrected chi connectivity index (χ1v) is 9.37. The zero-order valence-electron chi connectivity index (χ0n) is 14.7. The number of carbonyl (C=O) groups is 1. The Bertz CT molecular complexity index is 979. The number of carbonyl (C=O) groups excluding carboxylic acids is 1. The van der Waals surface area contributed by atoms with E-state index in [0.29, 0.717) is 26.2 Å². The van der Waals surface area contributed by atoms with Crippen LogP contribution in [0.1, 0.15) is 20.8 Å². The van der Waals surface area contributed by atoms with Crippen LogP contribution < -0.4 is 4.90 Å². The lowest BCUT2D eigenvalue weighted by Crippen LogP contribution is -2.49. The Hall–Kier alpha value is -2.54. The molecule has 0 spiro atoms. The summed E-state index contributed by atoms with van der Waals surface area (Å²) in [6.45, 7) is 6.61. The molecule has 0 saturated carbocycles. The average Bonchev–Trinajstić information content (AvgIpc) is 2.96. The highest BCUT2D eigenvalue weighted by Crippen LogP contribution is 2.34. The maximum Gasteiger partial charge on any atom is 0.256 e. The van der Waals surface area contributed by atoms with Crippen molar-refractivity contribution >= 4 is 33.3 Å². The van der Waals surface area contributed by atoms with Crippen molar-refractivity contribution in [1.29, 1.82) is 0 Å². The van der Waals surface area contributed by atoms with Crippen molar-refractivity contribution in [3.05, 3.63) is 52.4 Å². The number of piperazine rings is 1. The summed E-state index contributed by atoms with van der Waals surface area (Å²) in [6, 6.07) is 6.14. The summed E-state index contributed by atoms with van der Waals surface area (Å²) >= 11 is 1.68.